The lowest BCUT2D eigenvalue weighted by Crippen LogP contribution is -2.30. The van der Waals surface area contributed by atoms with Crippen molar-refractivity contribution in [1.82, 2.24) is 5.32 Å². The van der Waals surface area contributed by atoms with E-state index in [9.17, 15) is 18.8 Å². The summed E-state index contributed by atoms with van der Waals surface area (Å²) in [6, 6.07) is 27.8. The molecule has 2 N–H and O–H groups in total. The molecule has 4 aromatic rings. The SMILES string of the molecule is O=C(Nc1ccc(SCC(=O)c2ccc(Cl)cc2)cc1)/C(=C/c1ccc(F)cc1)NC(=O)c1ccccc1. The second-order valence-electron chi connectivity index (χ2n) is 8.13. The molecule has 0 saturated heterocycles. The Kier molecular flexibility index (Phi) is 9.08. The summed E-state index contributed by atoms with van der Waals surface area (Å²) in [6.45, 7) is 0. The summed E-state index contributed by atoms with van der Waals surface area (Å²) >= 11 is 7.25. The van der Waals surface area contributed by atoms with E-state index in [1.807, 2.05) is 0 Å². The van der Waals surface area contributed by atoms with Gasteiger partial charge in [-0.25, -0.2) is 4.39 Å². The van der Waals surface area contributed by atoms with Crippen LogP contribution >= 0.6 is 23.4 Å². The van der Waals surface area contributed by atoms with E-state index in [4.69, 9.17) is 11.6 Å². The number of amides is 2. The number of Topliss-reactive ketones (excluding diaryl/α,β-unsaturated/α-hetero) is 1. The van der Waals surface area contributed by atoms with Crippen molar-refractivity contribution >= 4 is 52.7 Å². The summed E-state index contributed by atoms with van der Waals surface area (Å²) in [5.74, 6) is -1.17. The van der Waals surface area contributed by atoms with Crippen LogP contribution in [0.1, 0.15) is 26.3 Å². The fourth-order valence-electron chi connectivity index (χ4n) is 3.37. The highest BCUT2D eigenvalue weighted by Gasteiger charge is 2.15. The smallest absolute Gasteiger partial charge is 0.272 e. The van der Waals surface area contributed by atoms with Gasteiger partial charge in [0.1, 0.15) is 11.5 Å². The fraction of sp³-hybridized carbons (Fsp3) is 0.0333. The Balaban J connectivity index is 1.43. The van der Waals surface area contributed by atoms with Crippen molar-refractivity contribution in [2.45, 2.75) is 4.90 Å². The van der Waals surface area contributed by atoms with Crippen LogP contribution in [-0.2, 0) is 4.79 Å². The van der Waals surface area contributed by atoms with Crippen LogP contribution in [0.25, 0.3) is 6.08 Å². The minimum atomic E-state index is -0.545. The molecule has 0 aliphatic carbocycles. The first-order chi connectivity index (χ1) is 18.4. The lowest BCUT2D eigenvalue weighted by atomic mass is 10.1. The Morgan fingerprint density at radius 2 is 1.45 bits per heavy atom. The number of carbonyl (C=O) groups is 3. The van der Waals surface area contributed by atoms with Gasteiger partial charge in [0.15, 0.2) is 5.78 Å². The van der Waals surface area contributed by atoms with Gasteiger partial charge in [-0.1, -0.05) is 41.9 Å². The van der Waals surface area contributed by atoms with Gasteiger partial charge in [-0.2, -0.15) is 0 Å². The Morgan fingerprint density at radius 1 is 0.789 bits per heavy atom. The van der Waals surface area contributed by atoms with Gasteiger partial charge in [0.05, 0.1) is 5.75 Å². The summed E-state index contributed by atoms with van der Waals surface area (Å²) in [7, 11) is 0. The molecule has 0 heterocycles. The molecular formula is C30H22ClFN2O3S. The zero-order chi connectivity index (χ0) is 26.9. The molecule has 0 radical (unpaired) electrons. The summed E-state index contributed by atoms with van der Waals surface area (Å²) in [4.78, 5) is 39.1. The van der Waals surface area contributed by atoms with E-state index in [2.05, 4.69) is 10.6 Å². The number of halogens is 2. The van der Waals surface area contributed by atoms with Gasteiger partial charge in [0.25, 0.3) is 11.8 Å². The van der Waals surface area contributed by atoms with Gasteiger partial charge in [-0.05, 0) is 84.4 Å². The molecule has 4 aromatic carbocycles. The first kappa shape index (κ1) is 26.9. The molecule has 0 bridgehead atoms. The average Bonchev–Trinajstić information content (AvgIpc) is 2.94. The van der Waals surface area contributed by atoms with Crippen LogP contribution in [0.4, 0.5) is 10.1 Å². The lowest BCUT2D eigenvalue weighted by Gasteiger charge is -2.12. The number of benzene rings is 4. The molecule has 0 unspecified atom stereocenters. The fourth-order valence-corrected chi connectivity index (χ4v) is 4.29. The molecule has 8 heteroatoms. The highest BCUT2D eigenvalue weighted by Crippen LogP contribution is 2.22. The molecule has 2 amide bonds. The number of carbonyl (C=O) groups excluding carboxylic acids is 3. The number of ketones is 1. The van der Waals surface area contributed by atoms with Gasteiger partial charge in [0, 0.05) is 26.7 Å². The number of nitrogens with one attached hydrogen (secondary N) is 2. The monoisotopic (exact) mass is 544 g/mol. The van der Waals surface area contributed by atoms with Crippen LogP contribution in [0.3, 0.4) is 0 Å². The molecule has 0 aromatic heterocycles. The molecule has 4 rings (SSSR count). The minimum Gasteiger partial charge on any atom is -0.321 e. The Labute approximate surface area is 228 Å². The van der Waals surface area contributed by atoms with Gasteiger partial charge < -0.3 is 10.6 Å². The van der Waals surface area contributed by atoms with Gasteiger partial charge >= 0.3 is 0 Å². The van der Waals surface area contributed by atoms with E-state index in [1.165, 1.54) is 42.1 Å². The van der Waals surface area contributed by atoms with Crippen LogP contribution in [0.2, 0.25) is 5.02 Å². The van der Waals surface area contributed by atoms with Gasteiger partial charge in [0.2, 0.25) is 0 Å². The number of hydrogen-bond donors (Lipinski definition) is 2. The lowest BCUT2D eigenvalue weighted by molar-refractivity contribution is -0.113. The maximum absolute atomic E-state index is 13.3. The van der Waals surface area contributed by atoms with E-state index in [0.29, 0.717) is 27.4 Å². The van der Waals surface area contributed by atoms with Crippen LogP contribution < -0.4 is 10.6 Å². The molecule has 0 atom stereocenters. The summed E-state index contributed by atoms with van der Waals surface area (Å²) in [5, 5.41) is 5.99. The van der Waals surface area contributed by atoms with Crippen LogP contribution in [0.15, 0.2) is 114 Å². The van der Waals surface area contributed by atoms with E-state index < -0.39 is 17.6 Å². The average molecular weight is 545 g/mol. The van der Waals surface area contributed by atoms with Crippen LogP contribution in [0, 0.1) is 5.82 Å². The first-order valence-corrected chi connectivity index (χ1v) is 12.9. The highest BCUT2D eigenvalue weighted by atomic mass is 35.5. The number of anilines is 1. The molecule has 0 aliphatic heterocycles. The van der Waals surface area contributed by atoms with Crippen LogP contribution in [-0.4, -0.2) is 23.4 Å². The quantitative estimate of drug-likeness (QED) is 0.137. The topological polar surface area (TPSA) is 75.3 Å². The zero-order valence-electron chi connectivity index (χ0n) is 20.0. The third-order valence-electron chi connectivity index (χ3n) is 5.36. The number of rotatable bonds is 9. The van der Waals surface area contributed by atoms with Crippen molar-refractivity contribution in [2.75, 3.05) is 11.1 Å². The molecule has 5 nitrogen and oxygen atoms in total. The first-order valence-electron chi connectivity index (χ1n) is 11.5. The van der Waals surface area contributed by atoms with E-state index in [-0.39, 0.29) is 17.2 Å². The Morgan fingerprint density at radius 3 is 2.11 bits per heavy atom. The Bertz CT molecular complexity index is 1460. The van der Waals surface area contributed by atoms with E-state index in [0.717, 1.165) is 4.90 Å². The van der Waals surface area contributed by atoms with Crippen LogP contribution in [0.5, 0.6) is 0 Å². The van der Waals surface area contributed by atoms with Crippen molar-refractivity contribution < 1.29 is 18.8 Å². The Hall–Kier alpha value is -4.20. The molecule has 0 spiro atoms. The molecular weight excluding hydrogens is 523 g/mol. The van der Waals surface area contributed by atoms with Crippen molar-refractivity contribution in [1.29, 1.82) is 0 Å². The summed E-state index contributed by atoms with van der Waals surface area (Å²) in [6.07, 6.45) is 1.47. The highest BCUT2D eigenvalue weighted by molar-refractivity contribution is 8.00. The molecule has 190 valence electrons. The summed E-state index contributed by atoms with van der Waals surface area (Å²) < 4.78 is 13.3. The summed E-state index contributed by atoms with van der Waals surface area (Å²) in [5.41, 5.74) is 2.02. The zero-order valence-corrected chi connectivity index (χ0v) is 21.6. The third kappa shape index (κ3) is 7.65. The maximum Gasteiger partial charge on any atom is 0.272 e. The van der Waals surface area contributed by atoms with E-state index >= 15 is 0 Å². The van der Waals surface area contributed by atoms with E-state index in [1.54, 1.807) is 78.9 Å². The largest absolute Gasteiger partial charge is 0.321 e. The van der Waals surface area contributed by atoms with Gasteiger partial charge in [-0.15, -0.1) is 11.8 Å². The second-order valence-corrected chi connectivity index (χ2v) is 9.61. The van der Waals surface area contributed by atoms with Crippen molar-refractivity contribution in [3.05, 3.63) is 136 Å². The standard InChI is InChI=1S/C30H22ClFN2O3S/c31-23-10-8-21(9-11-23)28(35)19-38-26-16-14-25(15-17-26)33-30(37)27(18-20-6-12-24(32)13-7-20)34-29(36)22-4-2-1-3-5-22/h1-18H,19H2,(H,33,37)(H,34,36)/b27-18-. The number of hydrogen-bond acceptors (Lipinski definition) is 4. The molecule has 38 heavy (non-hydrogen) atoms. The molecule has 0 aliphatic rings. The third-order valence-corrected chi connectivity index (χ3v) is 6.62. The second kappa shape index (κ2) is 12.9. The normalized spacial score (nSPS) is 11.1. The molecule has 0 saturated carbocycles. The van der Waals surface area contributed by atoms with Crippen molar-refractivity contribution in [2.24, 2.45) is 0 Å². The van der Waals surface area contributed by atoms with Crippen molar-refractivity contribution in [3.8, 4) is 0 Å². The number of thioether (sulfide) groups is 1. The predicted octanol–water partition coefficient (Wildman–Crippen LogP) is 6.86. The minimum absolute atomic E-state index is 0.00234. The van der Waals surface area contributed by atoms with Gasteiger partial charge in [-0.3, -0.25) is 14.4 Å². The molecule has 0 fully saturated rings. The maximum atomic E-state index is 13.3. The predicted molar refractivity (Wildman–Crippen MR) is 150 cm³/mol. The van der Waals surface area contributed by atoms with Crippen molar-refractivity contribution in [3.63, 3.8) is 0 Å².